The summed E-state index contributed by atoms with van der Waals surface area (Å²) in [6, 6.07) is 5.65. The molecule has 0 fully saturated rings. The Hall–Kier alpha value is 0.150. The molecule has 0 saturated heterocycles. The van der Waals surface area contributed by atoms with Gasteiger partial charge in [-0.25, -0.2) is 0 Å². The fraction of sp³-hybridized carbons (Fsp3) is 0.400. The highest BCUT2D eigenvalue weighted by Gasteiger charge is 2.03. The summed E-state index contributed by atoms with van der Waals surface area (Å²) in [5.41, 5.74) is 1.18. The van der Waals surface area contributed by atoms with Gasteiger partial charge in [0.1, 0.15) is 0 Å². The average Bonchev–Trinajstić information content (AvgIpc) is 2.02. The molecule has 0 spiro atoms. The van der Waals surface area contributed by atoms with Gasteiger partial charge in [0, 0.05) is 10.0 Å². The second-order valence-corrected chi connectivity index (χ2v) is 4.51. The Morgan fingerprint density at radius 1 is 1.23 bits per heavy atom. The predicted octanol–water partition coefficient (Wildman–Crippen LogP) is 4.10. The maximum atomic E-state index is 5.87. The molecule has 72 valence electrons. The molecule has 1 unspecified atom stereocenters. The van der Waals surface area contributed by atoms with Gasteiger partial charge in [-0.3, -0.25) is 0 Å². The maximum Gasteiger partial charge on any atom is 0.0423 e. The molecule has 0 aliphatic rings. The predicted molar refractivity (Wildman–Crippen MR) is 63.2 cm³/mol. The number of benzene rings is 1. The SMILES string of the molecule is CC(CS)Cc1cc(Cl)cc(Cl)c1. The smallest absolute Gasteiger partial charge is 0.0423 e. The quantitative estimate of drug-likeness (QED) is 0.749. The lowest BCUT2D eigenvalue weighted by Crippen LogP contribution is -2.00. The molecular weight excluding hydrogens is 223 g/mol. The first-order valence-corrected chi connectivity index (χ1v) is 5.56. The van der Waals surface area contributed by atoms with E-state index in [1.165, 1.54) is 5.56 Å². The molecule has 13 heavy (non-hydrogen) atoms. The van der Waals surface area contributed by atoms with Crippen LogP contribution in [-0.4, -0.2) is 5.75 Å². The monoisotopic (exact) mass is 234 g/mol. The lowest BCUT2D eigenvalue weighted by atomic mass is 10.0. The molecule has 0 aliphatic carbocycles. The molecule has 1 rings (SSSR count). The van der Waals surface area contributed by atoms with Gasteiger partial charge < -0.3 is 0 Å². The minimum Gasteiger partial charge on any atom is -0.179 e. The van der Waals surface area contributed by atoms with Crippen molar-refractivity contribution >= 4 is 35.8 Å². The summed E-state index contributed by atoms with van der Waals surface area (Å²) < 4.78 is 0. The zero-order valence-corrected chi connectivity index (χ0v) is 9.83. The molecule has 0 aromatic heterocycles. The van der Waals surface area contributed by atoms with E-state index < -0.39 is 0 Å². The van der Waals surface area contributed by atoms with Gasteiger partial charge in [-0.05, 0) is 41.9 Å². The highest BCUT2D eigenvalue weighted by molar-refractivity contribution is 7.80. The highest BCUT2D eigenvalue weighted by atomic mass is 35.5. The fourth-order valence-corrected chi connectivity index (χ4v) is 1.90. The van der Waals surface area contributed by atoms with E-state index in [-0.39, 0.29) is 0 Å². The van der Waals surface area contributed by atoms with Crippen LogP contribution in [0.15, 0.2) is 18.2 Å². The Morgan fingerprint density at radius 2 is 1.77 bits per heavy atom. The molecule has 0 nitrogen and oxygen atoms in total. The van der Waals surface area contributed by atoms with Crippen LogP contribution in [0.5, 0.6) is 0 Å². The van der Waals surface area contributed by atoms with Gasteiger partial charge in [-0.2, -0.15) is 12.6 Å². The van der Waals surface area contributed by atoms with Crippen molar-refractivity contribution in [3.63, 3.8) is 0 Å². The van der Waals surface area contributed by atoms with E-state index in [1.54, 1.807) is 6.07 Å². The van der Waals surface area contributed by atoms with Gasteiger partial charge in [0.05, 0.1) is 0 Å². The Bertz CT molecular complexity index is 266. The van der Waals surface area contributed by atoms with E-state index in [2.05, 4.69) is 19.6 Å². The summed E-state index contributed by atoms with van der Waals surface area (Å²) in [5, 5.41) is 1.41. The molecular formula is C10H12Cl2S. The van der Waals surface area contributed by atoms with Crippen molar-refractivity contribution in [1.82, 2.24) is 0 Å². The lowest BCUT2D eigenvalue weighted by Gasteiger charge is -2.08. The topological polar surface area (TPSA) is 0 Å². The van der Waals surface area contributed by atoms with Crippen LogP contribution in [0.4, 0.5) is 0 Å². The van der Waals surface area contributed by atoms with Crippen LogP contribution in [0.25, 0.3) is 0 Å². The van der Waals surface area contributed by atoms with Crippen molar-refractivity contribution in [3.8, 4) is 0 Å². The molecule has 3 heteroatoms. The second kappa shape index (κ2) is 5.14. The third-order valence-electron chi connectivity index (χ3n) is 1.82. The summed E-state index contributed by atoms with van der Waals surface area (Å²) in [7, 11) is 0. The third-order valence-corrected chi connectivity index (χ3v) is 2.88. The first-order valence-electron chi connectivity index (χ1n) is 4.17. The highest BCUT2D eigenvalue weighted by Crippen LogP contribution is 2.21. The molecule has 0 bridgehead atoms. The Morgan fingerprint density at radius 3 is 2.23 bits per heavy atom. The summed E-state index contributed by atoms with van der Waals surface area (Å²) in [4.78, 5) is 0. The van der Waals surface area contributed by atoms with Crippen molar-refractivity contribution in [2.75, 3.05) is 5.75 Å². The largest absolute Gasteiger partial charge is 0.179 e. The van der Waals surface area contributed by atoms with Crippen molar-refractivity contribution in [3.05, 3.63) is 33.8 Å². The van der Waals surface area contributed by atoms with Crippen LogP contribution >= 0.6 is 35.8 Å². The van der Waals surface area contributed by atoms with Crippen LogP contribution in [0.1, 0.15) is 12.5 Å². The summed E-state index contributed by atoms with van der Waals surface area (Å²) in [5.74, 6) is 1.43. The number of hydrogen-bond acceptors (Lipinski definition) is 1. The third kappa shape index (κ3) is 3.80. The van der Waals surface area contributed by atoms with E-state index in [9.17, 15) is 0 Å². The summed E-state index contributed by atoms with van der Waals surface area (Å²) in [6.07, 6.45) is 0.976. The van der Waals surface area contributed by atoms with Crippen molar-refractivity contribution in [1.29, 1.82) is 0 Å². The molecule has 1 aromatic carbocycles. The van der Waals surface area contributed by atoms with E-state index in [0.29, 0.717) is 16.0 Å². The molecule has 0 N–H and O–H groups in total. The molecule has 0 saturated carbocycles. The van der Waals surface area contributed by atoms with E-state index in [0.717, 1.165) is 12.2 Å². The van der Waals surface area contributed by atoms with Crippen LogP contribution in [-0.2, 0) is 6.42 Å². The molecule has 0 aliphatic heterocycles. The number of halogens is 2. The van der Waals surface area contributed by atoms with Crippen LogP contribution in [0.2, 0.25) is 10.0 Å². The average molecular weight is 235 g/mol. The number of thiol groups is 1. The van der Waals surface area contributed by atoms with Gasteiger partial charge in [0.25, 0.3) is 0 Å². The van der Waals surface area contributed by atoms with E-state index >= 15 is 0 Å². The fourth-order valence-electron chi connectivity index (χ4n) is 1.20. The normalized spacial score (nSPS) is 12.9. The molecule has 0 heterocycles. The molecule has 1 atom stereocenters. The second-order valence-electron chi connectivity index (χ2n) is 3.27. The Balaban J connectivity index is 2.77. The van der Waals surface area contributed by atoms with Crippen molar-refractivity contribution in [2.45, 2.75) is 13.3 Å². The molecule has 1 aromatic rings. The Kier molecular flexibility index (Phi) is 4.43. The summed E-state index contributed by atoms with van der Waals surface area (Å²) >= 11 is 16.0. The Labute approximate surface area is 94.7 Å². The zero-order chi connectivity index (χ0) is 9.84. The first-order chi connectivity index (χ1) is 6.11. The maximum absolute atomic E-state index is 5.87. The van der Waals surface area contributed by atoms with E-state index in [4.69, 9.17) is 23.2 Å². The first kappa shape index (κ1) is 11.2. The van der Waals surface area contributed by atoms with Gasteiger partial charge in [0.15, 0.2) is 0 Å². The van der Waals surface area contributed by atoms with Gasteiger partial charge >= 0.3 is 0 Å². The minimum absolute atomic E-state index is 0.554. The summed E-state index contributed by atoms with van der Waals surface area (Å²) in [6.45, 7) is 2.15. The van der Waals surface area contributed by atoms with Crippen molar-refractivity contribution < 1.29 is 0 Å². The van der Waals surface area contributed by atoms with Gasteiger partial charge in [-0.15, -0.1) is 0 Å². The van der Waals surface area contributed by atoms with Gasteiger partial charge in [-0.1, -0.05) is 30.1 Å². The van der Waals surface area contributed by atoms with Gasteiger partial charge in [0.2, 0.25) is 0 Å². The lowest BCUT2D eigenvalue weighted by molar-refractivity contribution is 0.660. The van der Waals surface area contributed by atoms with Crippen LogP contribution in [0, 0.1) is 5.92 Å². The molecule has 0 radical (unpaired) electrons. The van der Waals surface area contributed by atoms with Crippen LogP contribution in [0.3, 0.4) is 0 Å². The molecule has 0 amide bonds. The van der Waals surface area contributed by atoms with Crippen molar-refractivity contribution in [2.24, 2.45) is 5.92 Å². The minimum atomic E-state index is 0.554. The standard InChI is InChI=1S/C10H12Cl2S/c1-7(6-13)2-8-3-9(11)5-10(12)4-8/h3-5,7,13H,2,6H2,1H3. The van der Waals surface area contributed by atoms with Crippen LogP contribution < -0.4 is 0 Å². The number of hydrogen-bond donors (Lipinski definition) is 1. The van der Waals surface area contributed by atoms with E-state index in [1.807, 2.05) is 12.1 Å². The number of rotatable bonds is 3. The zero-order valence-electron chi connectivity index (χ0n) is 7.43.